The number of aryl methyl sites for hydroxylation is 1. The molecule has 0 spiro atoms. The Bertz CT molecular complexity index is 879. The number of carbonyl (C=O) groups excluding carboxylic acids is 1. The molecule has 0 bridgehead atoms. The number of tetrazole rings is 1. The minimum Gasteiger partial charge on any atom is -0.497 e. The summed E-state index contributed by atoms with van der Waals surface area (Å²) in [6.45, 7) is 1.99. The number of ether oxygens (including phenoxy) is 1. The van der Waals surface area contributed by atoms with Crippen LogP contribution in [0.3, 0.4) is 0 Å². The minimum atomic E-state index is -0.0356. The first kappa shape index (κ1) is 17.9. The normalized spacial score (nSPS) is 10.5. The monoisotopic (exact) mass is 369 g/mol. The van der Waals surface area contributed by atoms with Crippen LogP contribution in [0.25, 0.3) is 5.69 Å². The number of thioether (sulfide) groups is 1. The van der Waals surface area contributed by atoms with Crippen molar-refractivity contribution in [1.82, 2.24) is 20.2 Å². The standard InChI is InChI=1S/C18H19N5O2S/c1-13-4-3-5-14(12-13)19-17(24)10-11-26-18-20-21-22-23(18)15-6-8-16(25-2)9-7-15/h3-9,12H,10-11H2,1-2H3,(H,19,24). The summed E-state index contributed by atoms with van der Waals surface area (Å²) in [4.78, 5) is 12.1. The fraction of sp³-hybridized carbons (Fsp3) is 0.222. The van der Waals surface area contributed by atoms with Gasteiger partial charge in [0.25, 0.3) is 0 Å². The molecule has 7 nitrogen and oxygen atoms in total. The first-order chi connectivity index (χ1) is 12.7. The molecule has 0 atom stereocenters. The SMILES string of the molecule is COc1ccc(-n2nnnc2SCCC(=O)Nc2cccc(C)c2)cc1. The van der Waals surface area contributed by atoms with E-state index < -0.39 is 0 Å². The lowest BCUT2D eigenvalue weighted by molar-refractivity contribution is -0.115. The van der Waals surface area contributed by atoms with E-state index in [0.717, 1.165) is 22.7 Å². The van der Waals surface area contributed by atoms with Crippen molar-refractivity contribution in [3.63, 3.8) is 0 Å². The summed E-state index contributed by atoms with van der Waals surface area (Å²) in [5.41, 5.74) is 2.75. The number of anilines is 1. The van der Waals surface area contributed by atoms with E-state index in [2.05, 4.69) is 20.8 Å². The molecule has 134 valence electrons. The van der Waals surface area contributed by atoms with Gasteiger partial charge in [-0.1, -0.05) is 23.9 Å². The number of methoxy groups -OCH3 is 1. The summed E-state index contributed by atoms with van der Waals surface area (Å²) < 4.78 is 6.80. The Morgan fingerprint density at radius 2 is 2.04 bits per heavy atom. The summed E-state index contributed by atoms with van der Waals surface area (Å²) in [5.74, 6) is 1.31. The van der Waals surface area contributed by atoms with E-state index in [1.165, 1.54) is 11.8 Å². The van der Waals surface area contributed by atoms with Crippen LogP contribution >= 0.6 is 11.8 Å². The first-order valence-corrected chi connectivity index (χ1v) is 9.06. The van der Waals surface area contributed by atoms with Gasteiger partial charge in [-0.25, -0.2) is 0 Å². The summed E-state index contributed by atoms with van der Waals surface area (Å²) in [6, 6.07) is 15.2. The number of nitrogens with one attached hydrogen (secondary N) is 1. The molecule has 3 aromatic rings. The third-order valence-corrected chi connectivity index (χ3v) is 4.54. The predicted octanol–water partition coefficient (Wildman–Crippen LogP) is 3.10. The summed E-state index contributed by atoms with van der Waals surface area (Å²) in [5, 5.41) is 15.3. The van der Waals surface area contributed by atoms with Crippen LogP contribution in [0.1, 0.15) is 12.0 Å². The maximum Gasteiger partial charge on any atom is 0.225 e. The fourth-order valence-corrected chi connectivity index (χ4v) is 3.16. The summed E-state index contributed by atoms with van der Waals surface area (Å²) in [7, 11) is 1.62. The highest BCUT2D eigenvalue weighted by Crippen LogP contribution is 2.21. The van der Waals surface area contributed by atoms with Gasteiger partial charge in [0.1, 0.15) is 5.75 Å². The second-order valence-corrected chi connectivity index (χ2v) is 6.65. The van der Waals surface area contributed by atoms with Gasteiger partial charge in [0.15, 0.2) is 0 Å². The van der Waals surface area contributed by atoms with Crippen molar-refractivity contribution < 1.29 is 9.53 Å². The zero-order chi connectivity index (χ0) is 18.4. The molecule has 0 aliphatic heterocycles. The number of nitrogens with zero attached hydrogens (tertiary/aromatic N) is 4. The molecule has 1 amide bonds. The van der Waals surface area contributed by atoms with Gasteiger partial charge in [-0.2, -0.15) is 4.68 Å². The Balaban J connectivity index is 1.55. The van der Waals surface area contributed by atoms with Crippen molar-refractivity contribution in [2.75, 3.05) is 18.2 Å². The second-order valence-electron chi connectivity index (χ2n) is 5.59. The van der Waals surface area contributed by atoms with Crippen LogP contribution in [0.5, 0.6) is 5.75 Å². The van der Waals surface area contributed by atoms with E-state index in [4.69, 9.17) is 4.74 Å². The zero-order valence-corrected chi connectivity index (χ0v) is 15.4. The van der Waals surface area contributed by atoms with Gasteiger partial charge in [0.05, 0.1) is 12.8 Å². The molecule has 0 saturated heterocycles. The van der Waals surface area contributed by atoms with Crippen LogP contribution in [-0.4, -0.2) is 39.0 Å². The molecule has 0 aliphatic rings. The molecule has 2 aromatic carbocycles. The largest absolute Gasteiger partial charge is 0.497 e. The lowest BCUT2D eigenvalue weighted by atomic mass is 10.2. The van der Waals surface area contributed by atoms with Crippen LogP contribution in [-0.2, 0) is 4.79 Å². The van der Waals surface area contributed by atoms with Gasteiger partial charge in [-0.3, -0.25) is 4.79 Å². The molecule has 0 saturated carbocycles. The molecule has 0 unspecified atom stereocenters. The smallest absolute Gasteiger partial charge is 0.225 e. The second kappa shape index (κ2) is 8.48. The molecular weight excluding hydrogens is 350 g/mol. The Morgan fingerprint density at radius 1 is 1.23 bits per heavy atom. The Kier molecular flexibility index (Phi) is 5.85. The number of hydrogen-bond donors (Lipinski definition) is 1. The van der Waals surface area contributed by atoms with Gasteiger partial charge < -0.3 is 10.1 Å². The lowest BCUT2D eigenvalue weighted by Gasteiger charge is -2.07. The maximum absolute atomic E-state index is 12.1. The van der Waals surface area contributed by atoms with Crippen molar-refractivity contribution in [2.24, 2.45) is 0 Å². The molecule has 0 fully saturated rings. The van der Waals surface area contributed by atoms with Crippen molar-refractivity contribution in [3.8, 4) is 11.4 Å². The van der Waals surface area contributed by atoms with E-state index in [-0.39, 0.29) is 5.91 Å². The average Bonchev–Trinajstić information content (AvgIpc) is 3.10. The maximum atomic E-state index is 12.1. The molecule has 1 N–H and O–H groups in total. The zero-order valence-electron chi connectivity index (χ0n) is 14.5. The molecule has 8 heteroatoms. The Labute approximate surface area is 155 Å². The number of aromatic nitrogens is 4. The Hall–Kier alpha value is -2.87. The number of benzene rings is 2. The summed E-state index contributed by atoms with van der Waals surface area (Å²) >= 11 is 1.44. The molecule has 1 aromatic heterocycles. The Morgan fingerprint density at radius 3 is 2.77 bits per heavy atom. The van der Waals surface area contributed by atoms with Crippen LogP contribution in [0.2, 0.25) is 0 Å². The number of rotatable bonds is 7. The van der Waals surface area contributed by atoms with Gasteiger partial charge in [0.2, 0.25) is 11.1 Å². The topological polar surface area (TPSA) is 81.9 Å². The van der Waals surface area contributed by atoms with Gasteiger partial charge in [-0.15, -0.1) is 5.10 Å². The van der Waals surface area contributed by atoms with E-state index in [0.29, 0.717) is 17.3 Å². The van der Waals surface area contributed by atoms with E-state index in [1.807, 2.05) is 55.5 Å². The van der Waals surface area contributed by atoms with Crippen molar-refractivity contribution >= 4 is 23.4 Å². The average molecular weight is 369 g/mol. The summed E-state index contributed by atoms with van der Waals surface area (Å²) in [6.07, 6.45) is 0.369. The van der Waals surface area contributed by atoms with Gasteiger partial charge in [0, 0.05) is 17.9 Å². The van der Waals surface area contributed by atoms with Crippen LogP contribution in [0.15, 0.2) is 53.7 Å². The molecule has 0 radical (unpaired) electrons. The number of carbonyl (C=O) groups is 1. The van der Waals surface area contributed by atoms with Crippen molar-refractivity contribution in [2.45, 2.75) is 18.5 Å². The van der Waals surface area contributed by atoms with Gasteiger partial charge >= 0.3 is 0 Å². The minimum absolute atomic E-state index is 0.0356. The van der Waals surface area contributed by atoms with E-state index in [9.17, 15) is 4.79 Å². The molecule has 1 heterocycles. The molecule has 0 aliphatic carbocycles. The highest BCUT2D eigenvalue weighted by Gasteiger charge is 2.10. The van der Waals surface area contributed by atoms with Gasteiger partial charge in [-0.05, 0) is 59.3 Å². The number of hydrogen-bond acceptors (Lipinski definition) is 6. The van der Waals surface area contributed by atoms with Crippen molar-refractivity contribution in [1.29, 1.82) is 0 Å². The van der Waals surface area contributed by atoms with Crippen molar-refractivity contribution in [3.05, 3.63) is 54.1 Å². The van der Waals surface area contributed by atoms with E-state index >= 15 is 0 Å². The van der Waals surface area contributed by atoms with Crippen LogP contribution < -0.4 is 10.1 Å². The molecule has 3 rings (SSSR count). The predicted molar refractivity (Wildman–Crippen MR) is 101 cm³/mol. The first-order valence-electron chi connectivity index (χ1n) is 8.08. The molecular formula is C18H19N5O2S. The third kappa shape index (κ3) is 4.60. The van der Waals surface area contributed by atoms with Crippen LogP contribution in [0, 0.1) is 6.92 Å². The molecule has 26 heavy (non-hydrogen) atoms. The lowest BCUT2D eigenvalue weighted by Crippen LogP contribution is -2.12. The quantitative estimate of drug-likeness (QED) is 0.645. The number of amides is 1. The van der Waals surface area contributed by atoms with Crippen LogP contribution in [0.4, 0.5) is 5.69 Å². The van der Waals surface area contributed by atoms with E-state index in [1.54, 1.807) is 11.8 Å². The highest BCUT2D eigenvalue weighted by atomic mass is 32.2. The third-order valence-electron chi connectivity index (χ3n) is 3.62. The highest BCUT2D eigenvalue weighted by molar-refractivity contribution is 7.99. The fourth-order valence-electron chi connectivity index (χ4n) is 2.34.